The summed E-state index contributed by atoms with van der Waals surface area (Å²) in [6.45, 7) is 2.65. The number of aryl methyl sites for hydroxylation is 1. The van der Waals surface area contributed by atoms with Crippen molar-refractivity contribution in [3.8, 4) is 0 Å². The van der Waals surface area contributed by atoms with Gasteiger partial charge >= 0.3 is 0 Å². The number of hydrogen-bond donors (Lipinski definition) is 1. The first-order valence-corrected chi connectivity index (χ1v) is 9.02. The number of nitrogens with one attached hydrogen (secondary N) is 1. The van der Waals surface area contributed by atoms with Gasteiger partial charge in [-0.15, -0.1) is 0 Å². The van der Waals surface area contributed by atoms with Crippen LogP contribution in [-0.4, -0.2) is 15.7 Å². The number of anilines is 1. The highest BCUT2D eigenvalue weighted by atomic mass is 79.9. The van der Waals surface area contributed by atoms with Crippen LogP contribution in [0.25, 0.3) is 0 Å². The molecule has 0 saturated heterocycles. The molecule has 0 unspecified atom stereocenters. The first-order valence-electron chi connectivity index (χ1n) is 7.47. The van der Waals surface area contributed by atoms with Crippen molar-refractivity contribution < 1.29 is 4.79 Å². The lowest BCUT2D eigenvalue weighted by molar-refractivity contribution is 0.102. The molecule has 1 amide bonds. The monoisotopic (exact) mass is 437 g/mol. The quantitative estimate of drug-likeness (QED) is 0.579. The van der Waals surface area contributed by atoms with Crippen molar-refractivity contribution in [1.82, 2.24) is 9.78 Å². The van der Waals surface area contributed by atoms with Crippen LogP contribution in [0.2, 0.25) is 10.0 Å². The van der Waals surface area contributed by atoms with Gasteiger partial charge in [0.25, 0.3) is 5.91 Å². The molecule has 0 bridgehead atoms. The molecule has 0 aliphatic rings. The highest BCUT2D eigenvalue weighted by Gasteiger charge is 2.15. The Morgan fingerprint density at radius 2 is 1.92 bits per heavy atom. The lowest BCUT2D eigenvalue weighted by Gasteiger charge is -2.05. The minimum Gasteiger partial charge on any atom is -0.304 e. The molecule has 128 valence electrons. The van der Waals surface area contributed by atoms with Crippen LogP contribution in [0.1, 0.15) is 21.5 Å². The second-order valence-electron chi connectivity index (χ2n) is 5.59. The van der Waals surface area contributed by atoms with E-state index in [1.165, 1.54) is 11.6 Å². The topological polar surface area (TPSA) is 46.9 Å². The van der Waals surface area contributed by atoms with E-state index in [4.69, 9.17) is 23.2 Å². The van der Waals surface area contributed by atoms with E-state index in [1.807, 2.05) is 13.1 Å². The van der Waals surface area contributed by atoms with Crippen LogP contribution >= 0.6 is 39.1 Å². The molecule has 0 atom stereocenters. The summed E-state index contributed by atoms with van der Waals surface area (Å²) in [5.74, 6) is 0.0890. The Morgan fingerprint density at radius 3 is 2.60 bits per heavy atom. The van der Waals surface area contributed by atoms with Crippen molar-refractivity contribution in [2.24, 2.45) is 0 Å². The smallest absolute Gasteiger partial charge is 0.258 e. The summed E-state index contributed by atoms with van der Waals surface area (Å²) >= 11 is 15.4. The van der Waals surface area contributed by atoms with Gasteiger partial charge in [0.1, 0.15) is 0 Å². The number of nitrogens with zero attached hydrogens (tertiary/aromatic N) is 2. The normalized spacial score (nSPS) is 10.7. The van der Waals surface area contributed by atoms with E-state index in [2.05, 4.69) is 50.6 Å². The number of benzene rings is 2. The maximum atomic E-state index is 12.4. The van der Waals surface area contributed by atoms with Gasteiger partial charge in [0.2, 0.25) is 0 Å². The number of halogens is 3. The summed E-state index contributed by atoms with van der Waals surface area (Å²) in [6.07, 6.45) is 1.82. The Bertz CT molecular complexity index is 923. The molecule has 25 heavy (non-hydrogen) atoms. The molecular formula is C18H14BrCl2N3O. The Labute approximate surface area is 163 Å². The largest absolute Gasteiger partial charge is 0.304 e. The van der Waals surface area contributed by atoms with E-state index in [1.54, 1.807) is 16.8 Å². The van der Waals surface area contributed by atoms with Gasteiger partial charge < -0.3 is 5.32 Å². The third kappa shape index (κ3) is 4.42. The van der Waals surface area contributed by atoms with Crippen LogP contribution in [0, 0.1) is 6.92 Å². The number of aromatic nitrogens is 2. The van der Waals surface area contributed by atoms with E-state index in [0.717, 1.165) is 5.56 Å². The van der Waals surface area contributed by atoms with Gasteiger partial charge in [-0.2, -0.15) is 5.10 Å². The Kier molecular flexibility index (Phi) is 5.47. The fraction of sp³-hybridized carbons (Fsp3) is 0.111. The molecule has 1 N–H and O–H groups in total. The number of carbonyl (C=O) groups excluding carboxylic acids is 1. The molecule has 0 fully saturated rings. The minimum absolute atomic E-state index is 0.292. The summed E-state index contributed by atoms with van der Waals surface area (Å²) in [7, 11) is 0. The van der Waals surface area contributed by atoms with Crippen LogP contribution < -0.4 is 5.32 Å². The number of hydrogen-bond acceptors (Lipinski definition) is 2. The van der Waals surface area contributed by atoms with E-state index in [0.29, 0.717) is 32.4 Å². The summed E-state index contributed by atoms with van der Waals surface area (Å²) in [4.78, 5) is 12.4. The van der Waals surface area contributed by atoms with Gasteiger partial charge in [-0.05, 0) is 46.6 Å². The molecule has 0 aliphatic carbocycles. The number of amides is 1. The van der Waals surface area contributed by atoms with Crippen molar-refractivity contribution in [2.75, 3.05) is 5.32 Å². The summed E-state index contributed by atoms with van der Waals surface area (Å²) in [5.41, 5.74) is 2.67. The molecule has 1 heterocycles. The van der Waals surface area contributed by atoms with Gasteiger partial charge in [-0.25, -0.2) is 0 Å². The zero-order valence-electron chi connectivity index (χ0n) is 13.3. The van der Waals surface area contributed by atoms with Gasteiger partial charge in [-0.3, -0.25) is 9.48 Å². The molecule has 0 spiro atoms. The molecule has 7 heteroatoms. The first-order chi connectivity index (χ1) is 11.9. The van der Waals surface area contributed by atoms with E-state index >= 15 is 0 Å². The predicted molar refractivity (Wildman–Crippen MR) is 105 cm³/mol. The van der Waals surface area contributed by atoms with E-state index in [-0.39, 0.29) is 5.91 Å². The molecule has 2 aromatic carbocycles. The Hall–Kier alpha value is -1.82. The third-order valence-corrected chi connectivity index (χ3v) is 4.72. The van der Waals surface area contributed by atoms with Crippen LogP contribution in [0.4, 0.5) is 5.82 Å². The lowest BCUT2D eigenvalue weighted by Crippen LogP contribution is -2.13. The SMILES string of the molecule is Cc1ccc(Cn2cc(Br)c(NC(=O)c3ccc(Cl)cc3Cl)n2)cc1. The van der Waals surface area contributed by atoms with Crippen LogP contribution in [-0.2, 0) is 6.54 Å². The second kappa shape index (κ2) is 7.60. The molecule has 0 aliphatic heterocycles. The summed E-state index contributed by atoms with van der Waals surface area (Å²) in [5, 5.41) is 7.93. The maximum absolute atomic E-state index is 12.4. The molecular weight excluding hydrogens is 425 g/mol. The van der Waals surface area contributed by atoms with Crippen molar-refractivity contribution in [2.45, 2.75) is 13.5 Å². The maximum Gasteiger partial charge on any atom is 0.258 e. The predicted octanol–water partition coefficient (Wildman–Crippen LogP) is 5.56. The molecule has 0 radical (unpaired) electrons. The standard InChI is InChI=1S/C18H14BrCl2N3O/c1-11-2-4-12(5-3-11)9-24-10-15(19)17(23-24)22-18(25)14-7-6-13(20)8-16(14)21/h2-8,10H,9H2,1H3,(H,22,23,25). The highest BCUT2D eigenvalue weighted by molar-refractivity contribution is 9.10. The van der Waals surface area contributed by atoms with Crippen LogP contribution in [0.3, 0.4) is 0 Å². The molecule has 0 saturated carbocycles. The minimum atomic E-state index is -0.344. The van der Waals surface area contributed by atoms with Gasteiger partial charge in [0.15, 0.2) is 5.82 Å². The summed E-state index contributed by atoms with van der Waals surface area (Å²) in [6, 6.07) is 12.9. The van der Waals surface area contributed by atoms with E-state index < -0.39 is 0 Å². The molecule has 3 aromatic rings. The zero-order chi connectivity index (χ0) is 18.0. The Balaban J connectivity index is 1.76. The van der Waals surface area contributed by atoms with Gasteiger partial charge in [-0.1, -0.05) is 53.0 Å². The number of rotatable bonds is 4. The average molecular weight is 439 g/mol. The fourth-order valence-electron chi connectivity index (χ4n) is 2.29. The third-order valence-electron chi connectivity index (χ3n) is 3.59. The molecule has 3 rings (SSSR count). The first kappa shape index (κ1) is 18.0. The van der Waals surface area contributed by atoms with Crippen molar-refractivity contribution in [1.29, 1.82) is 0 Å². The Morgan fingerprint density at radius 1 is 1.20 bits per heavy atom. The van der Waals surface area contributed by atoms with Crippen molar-refractivity contribution in [3.05, 3.63) is 79.9 Å². The lowest BCUT2D eigenvalue weighted by atomic mass is 10.1. The fourth-order valence-corrected chi connectivity index (χ4v) is 3.20. The van der Waals surface area contributed by atoms with Crippen LogP contribution in [0.15, 0.2) is 53.1 Å². The van der Waals surface area contributed by atoms with Crippen LogP contribution in [0.5, 0.6) is 0 Å². The zero-order valence-corrected chi connectivity index (χ0v) is 16.4. The second-order valence-corrected chi connectivity index (χ2v) is 7.29. The van der Waals surface area contributed by atoms with Crippen molar-refractivity contribution in [3.63, 3.8) is 0 Å². The average Bonchev–Trinajstić information content (AvgIpc) is 2.89. The summed E-state index contributed by atoms with van der Waals surface area (Å²) < 4.78 is 2.45. The van der Waals surface area contributed by atoms with E-state index in [9.17, 15) is 4.79 Å². The number of carbonyl (C=O) groups is 1. The molecule has 1 aromatic heterocycles. The highest BCUT2D eigenvalue weighted by Crippen LogP contribution is 2.25. The van der Waals surface area contributed by atoms with Gasteiger partial charge in [0.05, 0.1) is 21.6 Å². The van der Waals surface area contributed by atoms with Gasteiger partial charge in [0, 0.05) is 11.2 Å². The van der Waals surface area contributed by atoms with Crippen molar-refractivity contribution >= 4 is 50.9 Å². The molecule has 4 nitrogen and oxygen atoms in total.